The molecule has 4 N–H and O–H groups in total. The fraction of sp³-hybridized carbons (Fsp3) is 0.125. The molecule has 0 fully saturated rings. The number of benzene rings is 1. The lowest BCUT2D eigenvalue weighted by Crippen LogP contribution is -2.42. The first-order chi connectivity index (χ1) is 7.42. The minimum absolute atomic E-state index is 0.0307. The molecule has 2 amide bonds. The Kier molecular flexibility index (Phi) is 3.82. The van der Waals surface area contributed by atoms with E-state index in [1.54, 1.807) is 23.1 Å². The van der Waals surface area contributed by atoms with Gasteiger partial charge in [0.15, 0.2) is 0 Å². The second kappa shape index (κ2) is 4.92. The topological polar surface area (TPSA) is 111 Å². The van der Waals surface area contributed by atoms with Crippen LogP contribution in [0.4, 0.5) is 4.79 Å². The Hall–Kier alpha value is -1.64. The lowest BCUT2D eigenvalue weighted by Gasteiger charge is -2.06. The van der Waals surface area contributed by atoms with Gasteiger partial charge in [0.05, 0.1) is 4.90 Å². The summed E-state index contributed by atoms with van der Waals surface area (Å²) >= 11 is 0. The van der Waals surface area contributed by atoms with E-state index in [0.717, 1.165) is 5.56 Å². The molecule has 0 bridgehead atoms. The number of amides is 2. The van der Waals surface area contributed by atoms with Gasteiger partial charge in [-0.25, -0.2) is 10.2 Å². The molecular formula is C8H11N3O4S. The second-order valence-electron chi connectivity index (χ2n) is 2.94. The summed E-state index contributed by atoms with van der Waals surface area (Å²) in [5.74, 6) is 0. The Balaban J connectivity index is 2.71. The summed E-state index contributed by atoms with van der Waals surface area (Å²) in [7, 11) is -3.95. The average Bonchev–Trinajstić information content (AvgIpc) is 2.17. The van der Waals surface area contributed by atoms with Crippen LogP contribution in [0.2, 0.25) is 0 Å². The van der Waals surface area contributed by atoms with Gasteiger partial charge in [0, 0.05) is 0 Å². The number of carbonyl (C=O) groups is 1. The molecule has 8 heteroatoms. The molecule has 7 nitrogen and oxygen atoms in total. The van der Waals surface area contributed by atoms with Gasteiger partial charge < -0.3 is 5.73 Å². The zero-order chi connectivity index (χ0) is 12.2. The zero-order valence-corrected chi connectivity index (χ0v) is 9.24. The van der Waals surface area contributed by atoms with Gasteiger partial charge in [-0.3, -0.25) is 0 Å². The fourth-order valence-corrected chi connectivity index (χ4v) is 1.60. The normalized spacial score (nSPS) is 11.1. The number of nitrogens with one attached hydrogen (secondary N) is 2. The molecule has 0 atom stereocenters. The van der Waals surface area contributed by atoms with E-state index in [2.05, 4.69) is 4.28 Å². The van der Waals surface area contributed by atoms with Crippen LogP contribution in [0, 0.1) is 6.92 Å². The minimum Gasteiger partial charge on any atom is -0.350 e. The van der Waals surface area contributed by atoms with Crippen molar-refractivity contribution in [3.8, 4) is 0 Å². The molecule has 0 aromatic heterocycles. The highest BCUT2D eigenvalue weighted by Crippen LogP contribution is 2.11. The number of hydrogen-bond acceptors (Lipinski definition) is 5. The molecule has 0 saturated carbocycles. The first kappa shape index (κ1) is 12.4. The number of rotatable bonds is 4. The molecule has 0 spiro atoms. The van der Waals surface area contributed by atoms with E-state index in [1.165, 1.54) is 12.1 Å². The van der Waals surface area contributed by atoms with Crippen molar-refractivity contribution in [2.75, 3.05) is 0 Å². The number of aryl methyl sites for hydroxylation is 1. The quantitative estimate of drug-likeness (QED) is 0.635. The smallest absolute Gasteiger partial charge is 0.328 e. The Morgan fingerprint density at radius 1 is 1.31 bits per heavy atom. The number of urea groups is 1. The second-order valence-corrected chi connectivity index (χ2v) is 4.49. The van der Waals surface area contributed by atoms with Gasteiger partial charge in [-0.05, 0) is 19.1 Å². The van der Waals surface area contributed by atoms with E-state index in [0.29, 0.717) is 0 Å². The number of nitrogens with two attached hydrogens (primary N) is 1. The molecule has 1 rings (SSSR count). The molecule has 0 aliphatic carbocycles. The maximum atomic E-state index is 11.4. The van der Waals surface area contributed by atoms with E-state index in [4.69, 9.17) is 5.73 Å². The van der Waals surface area contributed by atoms with E-state index in [1.807, 2.05) is 6.92 Å². The van der Waals surface area contributed by atoms with E-state index >= 15 is 0 Å². The van der Waals surface area contributed by atoms with Crippen molar-refractivity contribution in [3.63, 3.8) is 0 Å². The van der Waals surface area contributed by atoms with Crippen LogP contribution in [0.3, 0.4) is 0 Å². The Morgan fingerprint density at radius 3 is 2.38 bits per heavy atom. The molecular weight excluding hydrogens is 234 g/mol. The third-order valence-corrected chi connectivity index (χ3v) is 2.79. The lowest BCUT2D eigenvalue weighted by molar-refractivity contribution is 0.161. The zero-order valence-electron chi connectivity index (χ0n) is 8.43. The molecule has 1 aromatic rings. The van der Waals surface area contributed by atoms with Crippen LogP contribution in [-0.4, -0.2) is 14.4 Å². The highest BCUT2D eigenvalue weighted by molar-refractivity contribution is 7.86. The van der Waals surface area contributed by atoms with E-state index in [9.17, 15) is 13.2 Å². The summed E-state index contributed by atoms with van der Waals surface area (Å²) in [6, 6.07) is 5.06. The monoisotopic (exact) mass is 245 g/mol. The van der Waals surface area contributed by atoms with Crippen LogP contribution in [0.5, 0.6) is 0 Å². The molecule has 0 aliphatic rings. The number of primary amides is 1. The van der Waals surface area contributed by atoms with Crippen molar-refractivity contribution in [2.24, 2.45) is 5.73 Å². The SMILES string of the molecule is Cc1ccc(S(=O)(=O)ONNC(N)=O)cc1. The third-order valence-electron chi connectivity index (χ3n) is 1.64. The molecule has 0 radical (unpaired) electrons. The third kappa shape index (κ3) is 3.50. The summed E-state index contributed by atoms with van der Waals surface area (Å²) in [6.07, 6.45) is 0. The van der Waals surface area contributed by atoms with Crippen LogP contribution in [0.25, 0.3) is 0 Å². The van der Waals surface area contributed by atoms with Crippen molar-refractivity contribution < 1.29 is 17.5 Å². The fourth-order valence-electron chi connectivity index (χ4n) is 0.879. The number of hydrogen-bond donors (Lipinski definition) is 3. The average molecular weight is 245 g/mol. The maximum Gasteiger partial charge on any atom is 0.328 e. The van der Waals surface area contributed by atoms with E-state index in [-0.39, 0.29) is 4.90 Å². The predicted octanol–water partition coefficient (Wildman–Crippen LogP) is -0.212. The summed E-state index contributed by atoms with van der Waals surface area (Å²) in [5.41, 5.74) is 9.11. The highest BCUT2D eigenvalue weighted by Gasteiger charge is 2.14. The van der Waals surface area contributed by atoms with Gasteiger partial charge >= 0.3 is 16.1 Å². The number of hydrazine groups is 1. The summed E-state index contributed by atoms with van der Waals surface area (Å²) in [4.78, 5) is 10.2. The standard InChI is InChI=1S/C8H11N3O4S/c1-6-2-4-7(5-3-6)16(13,14)15-11-10-8(9)12/h2-5,11H,1H3,(H3,9,10,12). The molecule has 0 aliphatic heterocycles. The van der Waals surface area contributed by atoms with Gasteiger partial charge in [0.2, 0.25) is 0 Å². The van der Waals surface area contributed by atoms with Gasteiger partial charge in [0.1, 0.15) is 0 Å². The Labute approximate surface area is 92.6 Å². The van der Waals surface area contributed by atoms with Crippen LogP contribution >= 0.6 is 0 Å². The lowest BCUT2D eigenvalue weighted by atomic mass is 10.2. The van der Waals surface area contributed by atoms with Crippen LogP contribution < -0.4 is 16.7 Å². The van der Waals surface area contributed by atoms with Gasteiger partial charge in [-0.2, -0.15) is 12.7 Å². The Bertz CT molecular complexity index is 469. The molecule has 1 aromatic carbocycles. The molecule has 0 unspecified atom stereocenters. The Morgan fingerprint density at radius 2 is 1.88 bits per heavy atom. The highest BCUT2D eigenvalue weighted by atomic mass is 32.2. The molecule has 16 heavy (non-hydrogen) atoms. The maximum absolute atomic E-state index is 11.4. The van der Waals surface area contributed by atoms with Crippen LogP contribution in [0.1, 0.15) is 5.56 Å². The summed E-state index contributed by atoms with van der Waals surface area (Å²) in [5, 5.41) is 0. The van der Waals surface area contributed by atoms with Crippen LogP contribution in [-0.2, 0) is 14.4 Å². The van der Waals surface area contributed by atoms with E-state index < -0.39 is 16.1 Å². The van der Waals surface area contributed by atoms with Gasteiger partial charge in [-0.15, -0.1) is 0 Å². The first-order valence-corrected chi connectivity index (χ1v) is 5.63. The predicted molar refractivity (Wildman–Crippen MR) is 55.3 cm³/mol. The molecule has 0 saturated heterocycles. The summed E-state index contributed by atoms with van der Waals surface area (Å²) < 4.78 is 27.2. The van der Waals surface area contributed by atoms with Gasteiger partial charge in [-0.1, -0.05) is 23.3 Å². The van der Waals surface area contributed by atoms with Crippen LogP contribution in [0.15, 0.2) is 29.2 Å². The van der Waals surface area contributed by atoms with Crippen molar-refractivity contribution in [1.29, 1.82) is 0 Å². The van der Waals surface area contributed by atoms with Gasteiger partial charge in [0.25, 0.3) is 0 Å². The molecule has 0 heterocycles. The first-order valence-electron chi connectivity index (χ1n) is 4.22. The van der Waals surface area contributed by atoms with Crippen molar-refractivity contribution in [2.45, 2.75) is 11.8 Å². The van der Waals surface area contributed by atoms with Crippen molar-refractivity contribution in [3.05, 3.63) is 29.8 Å². The van der Waals surface area contributed by atoms with Crippen molar-refractivity contribution >= 4 is 16.1 Å². The summed E-state index contributed by atoms with van der Waals surface area (Å²) in [6.45, 7) is 1.82. The number of carbonyl (C=O) groups excluding carboxylic acids is 1. The van der Waals surface area contributed by atoms with Crippen molar-refractivity contribution in [1.82, 2.24) is 11.0 Å². The largest absolute Gasteiger partial charge is 0.350 e. The minimum atomic E-state index is -3.95. The molecule has 88 valence electrons.